The summed E-state index contributed by atoms with van der Waals surface area (Å²) in [4.78, 5) is 9.47. The Balaban J connectivity index is 1.32. The Hall–Kier alpha value is -0.910. The molecule has 1 aromatic heterocycles. The second-order valence-electron chi connectivity index (χ2n) is 7.24. The molecule has 0 aromatic carbocycles. The van der Waals surface area contributed by atoms with Gasteiger partial charge in [0, 0.05) is 52.2 Å². The first-order chi connectivity index (χ1) is 11.2. The zero-order valence-corrected chi connectivity index (χ0v) is 14.8. The number of imidazole rings is 1. The van der Waals surface area contributed by atoms with Crippen LogP contribution in [0.2, 0.25) is 0 Å². The van der Waals surface area contributed by atoms with Gasteiger partial charge >= 0.3 is 0 Å². The highest BCUT2D eigenvalue weighted by atomic mass is 16.5. The second-order valence-corrected chi connectivity index (χ2v) is 7.24. The fourth-order valence-electron chi connectivity index (χ4n) is 3.78. The lowest BCUT2D eigenvalue weighted by Crippen LogP contribution is -2.47. The van der Waals surface area contributed by atoms with Crippen molar-refractivity contribution in [3.05, 3.63) is 18.2 Å². The first kappa shape index (κ1) is 16.9. The highest BCUT2D eigenvalue weighted by Crippen LogP contribution is 2.26. The molecule has 23 heavy (non-hydrogen) atoms. The predicted molar refractivity (Wildman–Crippen MR) is 92.3 cm³/mol. The molecule has 0 bridgehead atoms. The molecule has 0 spiro atoms. The van der Waals surface area contributed by atoms with E-state index in [9.17, 15) is 0 Å². The SMILES string of the molecule is C[C@H]1CCCC[C@@H]1OCCN1CCN(Cc2nccn2C)CC1. The van der Waals surface area contributed by atoms with Crippen molar-refractivity contribution in [2.45, 2.75) is 45.3 Å². The Labute approximate surface area is 140 Å². The van der Waals surface area contributed by atoms with E-state index in [0.29, 0.717) is 6.10 Å². The van der Waals surface area contributed by atoms with Gasteiger partial charge in [-0.25, -0.2) is 4.98 Å². The molecule has 0 radical (unpaired) electrons. The van der Waals surface area contributed by atoms with Crippen LogP contribution < -0.4 is 0 Å². The van der Waals surface area contributed by atoms with Gasteiger partial charge in [0.25, 0.3) is 0 Å². The highest BCUT2D eigenvalue weighted by molar-refractivity contribution is 4.91. The maximum absolute atomic E-state index is 6.16. The van der Waals surface area contributed by atoms with Crippen LogP contribution in [0.3, 0.4) is 0 Å². The Morgan fingerprint density at radius 1 is 1.13 bits per heavy atom. The minimum absolute atomic E-state index is 0.508. The molecule has 130 valence electrons. The largest absolute Gasteiger partial charge is 0.377 e. The molecule has 3 rings (SSSR count). The summed E-state index contributed by atoms with van der Waals surface area (Å²) in [6.45, 7) is 9.85. The van der Waals surface area contributed by atoms with Gasteiger partial charge in [0.05, 0.1) is 19.3 Å². The first-order valence-corrected chi connectivity index (χ1v) is 9.25. The summed E-state index contributed by atoms with van der Waals surface area (Å²) in [5.74, 6) is 1.91. The van der Waals surface area contributed by atoms with Crippen molar-refractivity contribution >= 4 is 0 Å². The van der Waals surface area contributed by atoms with Crippen molar-refractivity contribution in [3.8, 4) is 0 Å². The van der Waals surface area contributed by atoms with Crippen LogP contribution in [0.4, 0.5) is 0 Å². The van der Waals surface area contributed by atoms with E-state index in [-0.39, 0.29) is 0 Å². The number of rotatable bonds is 6. The van der Waals surface area contributed by atoms with E-state index in [1.54, 1.807) is 0 Å². The average molecular weight is 320 g/mol. The molecule has 2 heterocycles. The molecule has 5 heteroatoms. The molecule has 2 fully saturated rings. The summed E-state index contributed by atoms with van der Waals surface area (Å²) < 4.78 is 8.27. The van der Waals surface area contributed by atoms with Crippen LogP contribution in [0.5, 0.6) is 0 Å². The van der Waals surface area contributed by atoms with Gasteiger partial charge in [-0.15, -0.1) is 0 Å². The number of ether oxygens (including phenoxy) is 1. The number of nitrogens with zero attached hydrogens (tertiary/aromatic N) is 4. The summed E-state index contributed by atoms with van der Waals surface area (Å²) >= 11 is 0. The summed E-state index contributed by atoms with van der Waals surface area (Å²) in [7, 11) is 2.07. The van der Waals surface area contributed by atoms with Gasteiger partial charge in [-0.3, -0.25) is 9.80 Å². The molecule has 2 atom stereocenters. The molecule has 0 amide bonds. The van der Waals surface area contributed by atoms with E-state index in [4.69, 9.17) is 4.74 Å². The quantitative estimate of drug-likeness (QED) is 0.804. The molecular weight excluding hydrogens is 288 g/mol. The molecule has 1 aliphatic heterocycles. The Morgan fingerprint density at radius 3 is 2.57 bits per heavy atom. The zero-order chi connectivity index (χ0) is 16.1. The van der Waals surface area contributed by atoms with Crippen molar-refractivity contribution in [1.82, 2.24) is 19.4 Å². The molecule has 1 aliphatic carbocycles. The maximum Gasteiger partial charge on any atom is 0.122 e. The minimum atomic E-state index is 0.508. The van der Waals surface area contributed by atoms with Gasteiger partial charge in [-0.05, 0) is 18.8 Å². The molecule has 1 aromatic rings. The molecule has 5 nitrogen and oxygen atoms in total. The van der Waals surface area contributed by atoms with E-state index in [1.807, 2.05) is 12.4 Å². The Morgan fingerprint density at radius 2 is 1.87 bits per heavy atom. The van der Waals surface area contributed by atoms with Crippen LogP contribution >= 0.6 is 0 Å². The average Bonchev–Trinajstić information content (AvgIpc) is 2.96. The second kappa shape index (κ2) is 8.27. The molecule has 0 unspecified atom stereocenters. The lowest BCUT2D eigenvalue weighted by molar-refractivity contribution is -0.0183. The van der Waals surface area contributed by atoms with Gasteiger partial charge in [0.2, 0.25) is 0 Å². The fraction of sp³-hybridized carbons (Fsp3) is 0.833. The maximum atomic E-state index is 6.16. The minimum Gasteiger partial charge on any atom is -0.377 e. The van der Waals surface area contributed by atoms with Gasteiger partial charge in [-0.1, -0.05) is 19.8 Å². The van der Waals surface area contributed by atoms with Crippen LogP contribution in [0.15, 0.2) is 12.4 Å². The Kier molecular flexibility index (Phi) is 6.08. The topological polar surface area (TPSA) is 33.5 Å². The number of aromatic nitrogens is 2. The monoisotopic (exact) mass is 320 g/mol. The standard InChI is InChI=1S/C18H32N4O/c1-16-5-3-4-6-17(16)23-14-13-21-9-11-22(12-10-21)15-18-19-7-8-20(18)2/h7-8,16-17H,3-6,9-15H2,1-2H3/t16-,17-/m0/s1. The summed E-state index contributed by atoms with van der Waals surface area (Å²) in [5.41, 5.74) is 0. The normalized spacial score (nSPS) is 27.4. The first-order valence-electron chi connectivity index (χ1n) is 9.25. The van der Waals surface area contributed by atoms with Crippen LogP contribution in [0.1, 0.15) is 38.4 Å². The van der Waals surface area contributed by atoms with Crippen molar-refractivity contribution in [2.24, 2.45) is 13.0 Å². The van der Waals surface area contributed by atoms with E-state index < -0.39 is 0 Å². The fourth-order valence-corrected chi connectivity index (χ4v) is 3.78. The van der Waals surface area contributed by atoms with Crippen molar-refractivity contribution < 1.29 is 4.74 Å². The summed E-state index contributed by atoms with van der Waals surface area (Å²) in [6, 6.07) is 0. The lowest BCUT2D eigenvalue weighted by Gasteiger charge is -2.35. The third kappa shape index (κ3) is 4.78. The van der Waals surface area contributed by atoms with Crippen LogP contribution in [0.25, 0.3) is 0 Å². The molecule has 1 saturated carbocycles. The summed E-state index contributed by atoms with van der Waals surface area (Å²) in [6.07, 6.45) is 9.76. The van der Waals surface area contributed by atoms with Crippen LogP contribution in [-0.2, 0) is 18.3 Å². The van der Waals surface area contributed by atoms with E-state index in [2.05, 4.69) is 33.3 Å². The number of hydrogen-bond acceptors (Lipinski definition) is 4. The zero-order valence-electron chi connectivity index (χ0n) is 14.8. The van der Waals surface area contributed by atoms with Crippen molar-refractivity contribution in [2.75, 3.05) is 39.3 Å². The molecule has 1 saturated heterocycles. The number of hydrogen-bond donors (Lipinski definition) is 0. The number of aryl methyl sites for hydroxylation is 1. The molecule has 0 N–H and O–H groups in total. The molecular formula is C18H32N4O. The molecule has 2 aliphatic rings. The van der Waals surface area contributed by atoms with Crippen molar-refractivity contribution in [1.29, 1.82) is 0 Å². The lowest BCUT2D eigenvalue weighted by atomic mass is 9.88. The van der Waals surface area contributed by atoms with Crippen molar-refractivity contribution in [3.63, 3.8) is 0 Å². The van der Waals surface area contributed by atoms with E-state index in [1.165, 1.54) is 25.7 Å². The van der Waals surface area contributed by atoms with Gasteiger partial charge in [0.1, 0.15) is 5.82 Å². The van der Waals surface area contributed by atoms with Gasteiger partial charge in [0.15, 0.2) is 0 Å². The van der Waals surface area contributed by atoms with Crippen LogP contribution in [-0.4, -0.2) is 64.8 Å². The third-order valence-corrected chi connectivity index (χ3v) is 5.52. The summed E-state index contributed by atoms with van der Waals surface area (Å²) in [5, 5.41) is 0. The highest BCUT2D eigenvalue weighted by Gasteiger charge is 2.22. The van der Waals surface area contributed by atoms with Gasteiger partial charge < -0.3 is 9.30 Å². The van der Waals surface area contributed by atoms with Gasteiger partial charge in [-0.2, -0.15) is 0 Å². The van der Waals surface area contributed by atoms with E-state index in [0.717, 1.165) is 57.6 Å². The van der Waals surface area contributed by atoms with E-state index >= 15 is 0 Å². The van der Waals surface area contributed by atoms with Crippen LogP contribution in [0, 0.1) is 5.92 Å². The predicted octanol–water partition coefficient (Wildman–Crippen LogP) is 2.13. The Bertz CT molecular complexity index is 467. The number of piperazine rings is 1. The third-order valence-electron chi connectivity index (χ3n) is 5.52. The smallest absolute Gasteiger partial charge is 0.122 e.